The normalized spacial score (nSPS) is 15.7. The zero-order valence-corrected chi connectivity index (χ0v) is 12.1. The third-order valence-corrected chi connectivity index (χ3v) is 3.19. The van der Waals surface area contributed by atoms with Gasteiger partial charge in [0, 0.05) is 0 Å². The second-order valence-corrected chi connectivity index (χ2v) is 4.69. The standard InChI is InChI=1S/C15H24O4/c1-5-15(4,17)14(16)11-8-9-12(18-6-2)13(10-11)19-7-3/h8-10,14,16-17H,5-7H2,1-4H3. The van der Waals surface area contributed by atoms with Crippen molar-refractivity contribution < 1.29 is 19.7 Å². The van der Waals surface area contributed by atoms with Crippen molar-refractivity contribution in [3.8, 4) is 11.5 Å². The van der Waals surface area contributed by atoms with Gasteiger partial charge in [-0.25, -0.2) is 0 Å². The summed E-state index contributed by atoms with van der Waals surface area (Å²) in [5, 5.41) is 20.3. The van der Waals surface area contributed by atoms with Crippen molar-refractivity contribution in [1.29, 1.82) is 0 Å². The zero-order valence-electron chi connectivity index (χ0n) is 12.1. The van der Waals surface area contributed by atoms with Crippen LogP contribution in [-0.2, 0) is 0 Å². The molecule has 2 N–H and O–H groups in total. The number of rotatable bonds is 7. The molecular weight excluding hydrogens is 244 g/mol. The summed E-state index contributed by atoms with van der Waals surface area (Å²) in [5.41, 5.74) is -0.532. The highest BCUT2D eigenvalue weighted by Crippen LogP contribution is 2.35. The Morgan fingerprint density at radius 2 is 1.68 bits per heavy atom. The SMILES string of the molecule is CCOc1ccc(C(O)C(C)(O)CC)cc1OCC. The van der Waals surface area contributed by atoms with Crippen LogP contribution in [0.1, 0.15) is 45.8 Å². The molecule has 0 amide bonds. The first-order valence-electron chi connectivity index (χ1n) is 6.76. The largest absolute Gasteiger partial charge is 0.490 e. The Balaban J connectivity index is 3.07. The Morgan fingerprint density at radius 3 is 2.21 bits per heavy atom. The molecule has 0 aromatic heterocycles. The quantitative estimate of drug-likeness (QED) is 0.798. The van der Waals surface area contributed by atoms with Crippen LogP contribution in [0.5, 0.6) is 11.5 Å². The van der Waals surface area contributed by atoms with Gasteiger partial charge in [0.05, 0.1) is 18.8 Å². The number of hydrogen-bond donors (Lipinski definition) is 2. The molecule has 0 spiro atoms. The van der Waals surface area contributed by atoms with Crippen molar-refractivity contribution in [1.82, 2.24) is 0 Å². The topological polar surface area (TPSA) is 58.9 Å². The molecule has 0 aliphatic rings. The molecule has 0 bridgehead atoms. The van der Waals surface area contributed by atoms with Crippen molar-refractivity contribution in [3.05, 3.63) is 23.8 Å². The number of benzene rings is 1. The van der Waals surface area contributed by atoms with Crippen molar-refractivity contribution in [2.45, 2.75) is 45.8 Å². The van der Waals surface area contributed by atoms with Gasteiger partial charge in [0.2, 0.25) is 0 Å². The van der Waals surface area contributed by atoms with Crippen LogP contribution in [0.25, 0.3) is 0 Å². The maximum absolute atomic E-state index is 10.2. The summed E-state index contributed by atoms with van der Waals surface area (Å²) in [7, 11) is 0. The van der Waals surface area contributed by atoms with E-state index in [0.29, 0.717) is 36.7 Å². The molecule has 1 aromatic carbocycles. The molecule has 19 heavy (non-hydrogen) atoms. The average molecular weight is 268 g/mol. The van der Waals surface area contributed by atoms with E-state index in [1.54, 1.807) is 25.1 Å². The van der Waals surface area contributed by atoms with Crippen LogP contribution >= 0.6 is 0 Å². The van der Waals surface area contributed by atoms with E-state index < -0.39 is 11.7 Å². The molecular formula is C15H24O4. The Hall–Kier alpha value is -1.26. The fraction of sp³-hybridized carbons (Fsp3) is 0.600. The molecule has 0 saturated heterocycles. The van der Waals surface area contributed by atoms with Crippen molar-refractivity contribution in [3.63, 3.8) is 0 Å². The molecule has 0 heterocycles. The summed E-state index contributed by atoms with van der Waals surface area (Å²) in [6, 6.07) is 5.24. The maximum Gasteiger partial charge on any atom is 0.161 e. The van der Waals surface area contributed by atoms with E-state index in [2.05, 4.69) is 0 Å². The first-order valence-corrected chi connectivity index (χ1v) is 6.76. The van der Waals surface area contributed by atoms with Gasteiger partial charge in [0.25, 0.3) is 0 Å². The molecule has 0 radical (unpaired) electrons. The second kappa shape index (κ2) is 6.78. The number of ether oxygens (including phenoxy) is 2. The van der Waals surface area contributed by atoms with E-state index >= 15 is 0 Å². The predicted molar refractivity (Wildman–Crippen MR) is 74.7 cm³/mol. The zero-order chi connectivity index (χ0) is 14.5. The summed E-state index contributed by atoms with van der Waals surface area (Å²) in [6.07, 6.45) is -0.488. The number of hydrogen-bond acceptors (Lipinski definition) is 4. The van der Waals surface area contributed by atoms with Gasteiger partial charge in [-0.15, -0.1) is 0 Å². The molecule has 4 heteroatoms. The highest BCUT2D eigenvalue weighted by Gasteiger charge is 2.30. The van der Waals surface area contributed by atoms with Crippen molar-refractivity contribution in [2.24, 2.45) is 0 Å². The lowest BCUT2D eigenvalue weighted by molar-refractivity contribution is -0.0659. The third kappa shape index (κ3) is 3.85. The van der Waals surface area contributed by atoms with Crippen LogP contribution in [0.4, 0.5) is 0 Å². The molecule has 1 aromatic rings. The number of aliphatic hydroxyl groups is 2. The summed E-state index contributed by atoms with van der Waals surface area (Å²) in [4.78, 5) is 0. The molecule has 108 valence electrons. The highest BCUT2D eigenvalue weighted by atomic mass is 16.5. The molecule has 1 rings (SSSR count). The fourth-order valence-electron chi connectivity index (χ4n) is 1.79. The minimum Gasteiger partial charge on any atom is -0.490 e. The third-order valence-electron chi connectivity index (χ3n) is 3.19. The van der Waals surface area contributed by atoms with Crippen LogP contribution < -0.4 is 9.47 Å². The first-order chi connectivity index (χ1) is 8.96. The van der Waals surface area contributed by atoms with E-state index in [9.17, 15) is 10.2 Å². The van der Waals surface area contributed by atoms with Crippen LogP contribution in [0.3, 0.4) is 0 Å². The Kier molecular flexibility index (Phi) is 5.63. The first kappa shape index (κ1) is 15.8. The maximum atomic E-state index is 10.2. The van der Waals surface area contributed by atoms with E-state index in [1.807, 2.05) is 20.8 Å². The van der Waals surface area contributed by atoms with Gasteiger partial charge in [-0.2, -0.15) is 0 Å². The fourth-order valence-corrected chi connectivity index (χ4v) is 1.79. The van der Waals surface area contributed by atoms with Gasteiger partial charge >= 0.3 is 0 Å². The number of aliphatic hydroxyl groups excluding tert-OH is 1. The van der Waals surface area contributed by atoms with Gasteiger partial charge in [-0.05, 0) is 44.9 Å². The van der Waals surface area contributed by atoms with E-state index in [1.165, 1.54) is 0 Å². The minimum absolute atomic E-state index is 0.464. The average Bonchev–Trinajstić information content (AvgIpc) is 2.40. The second-order valence-electron chi connectivity index (χ2n) is 4.69. The molecule has 4 nitrogen and oxygen atoms in total. The van der Waals surface area contributed by atoms with Gasteiger partial charge < -0.3 is 19.7 Å². The molecule has 0 aliphatic carbocycles. The Bertz CT molecular complexity index is 401. The lowest BCUT2D eigenvalue weighted by Gasteiger charge is -2.28. The molecule has 0 saturated carbocycles. The molecule has 2 unspecified atom stereocenters. The van der Waals surface area contributed by atoms with Crippen molar-refractivity contribution in [2.75, 3.05) is 13.2 Å². The summed E-state index contributed by atoms with van der Waals surface area (Å²) >= 11 is 0. The van der Waals surface area contributed by atoms with E-state index in [-0.39, 0.29) is 0 Å². The van der Waals surface area contributed by atoms with Gasteiger partial charge in [0.1, 0.15) is 6.10 Å². The molecule has 2 atom stereocenters. The van der Waals surface area contributed by atoms with E-state index in [0.717, 1.165) is 0 Å². The smallest absolute Gasteiger partial charge is 0.161 e. The predicted octanol–water partition coefficient (Wildman–Crippen LogP) is 2.68. The minimum atomic E-state index is -1.16. The summed E-state index contributed by atoms with van der Waals surface area (Å²) in [5.74, 6) is 1.24. The van der Waals surface area contributed by atoms with Gasteiger partial charge in [0.15, 0.2) is 11.5 Å². The van der Waals surface area contributed by atoms with Crippen LogP contribution in [0.2, 0.25) is 0 Å². The lowest BCUT2D eigenvalue weighted by atomic mass is 9.90. The van der Waals surface area contributed by atoms with Crippen LogP contribution in [0, 0.1) is 0 Å². The lowest BCUT2D eigenvalue weighted by Crippen LogP contribution is -2.31. The van der Waals surface area contributed by atoms with Crippen LogP contribution in [-0.4, -0.2) is 29.0 Å². The molecule has 0 aliphatic heterocycles. The highest BCUT2D eigenvalue weighted by molar-refractivity contribution is 5.44. The Labute approximate surface area is 115 Å². The monoisotopic (exact) mass is 268 g/mol. The van der Waals surface area contributed by atoms with Crippen LogP contribution in [0.15, 0.2) is 18.2 Å². The van der Waals surface area contributed by atoms with Gasteiger partial charge in [-0.1, -0.05) is 13.0 Å². The summed E-state index contributed by atoms with van der Waals surface area (Å²) in [6.45, 7) is 8.32. The molecule has 0 fully saturated rings. The van der Waals surface area contributed by atoms with Gasteiger partial charge in [-0.3, -0.25) is 0 Å². The Morgan fingerprint density at radius 1 is 1.11 bits per heavy atom. The summed E-state index contributed by atoms with van der Waals surface area (Å²) < 4.78 is 11.0. The van der Waals surface area contributed by atoms with Crippen molar-refractivity contribution >= 4 is 0 Å². The van der Waals surface area contributed by atoms with E-state index in [4.69, 9.17) is 9.47 Å².